The highest BCUT2D eigenvalue weighted by Crippen LogP contribution is 2.18. The average molecular weight is 273 g/mol. The molecule has 0 unspecified atom stereocenters. The third-order valence-electron chi connectivity index (χ3n) is 2.62. The molecule has 2 aromatic heterocycles. The van der Waals surface area contributed by atoms with Crippen LogP contribution in [0.4, 0.5) is 5.82 Å². The van der Waals surface area contributed by atoms with E-state index in [0.29, 0.717) is 19.0 Å². The van der Waals surface area contributed by atoms with Crippen molar-refractivity contribution >= 4 is 5.82 Å². The van der Waals surface area contributed by atoms with Gasteiger partial charge in [-0.1, -0.05) is 6.92 Å². The molecule has 0 aliphatic rings. The Morgan fingerprint density at radius 1 is 1.15 bits per heavy atom. The Bertz CT molecular complexity index is 506. The number of hydrogen-bond acceptors (Lipinski definition) is 6. The molecule has 0 aromatic carbocycles. The molecule has 0 amide bonds. The highest BCUT2D eigenvalue weighted by Gasteiger charge is 2.07. The number of aromatic nitrogens is 4. The molecule has 20 heavy (non-hydrogen) atoms. The van der Waals surface area contributed by atoms with Crippen LogP contribution in [0, 0.1) is 0 Å². The molecule has 0 radical (unpaired) electrons. The quantitative estimate of drug-likeness (QED) is 0.834. The van der Waals surface area contributed by atoms with Crippen LogP contribution in [0.5, 0.6) is 0 Å². The molecular formula is C14H19N5O. The van der Waals surface area contributed by atoms with Gasteiger partial charge in [0.05, 0.1) is 5.69 Å². The summed E-state index contributed by atoms with van der Waals surface area (Å²) in [6.45, 7) is 5.97. The zero-order chi connectivity index (χ0) is 14.2. The number of nitrogens with one attached hydrogen (secondary N) is 1. The van der Waals surface area contributed by atoms with Crippen LogP contribution in [-0.2, 0) is 11.3 Å². The second-order valence-electron chi connectivity index (χ2n) is 4.25. The van der Waals surface area contributed by atoms with Gasteiger partial charge >= 0.3 is 0 Å². The minimum atomic E-state index is 0.402. The Balaban J connectivity index is 2.29. The van der Waals surface area contributed by atoms with E-state index in [1.165, 1.54) is 6.33 Å². The van der Waals surface area contributed by atoms with Crippen molar-refractivity contribution < 1.29 is 4.74 Å². The predicted octanol–water partition coefficient (Wildman–Crippen LogP) is 2.29. The molecule has 106 valence electrons. The molecule has 0 spiro atoms. The predicted molar refractivity (Wildman–Crippen MR) is 77.2 cm³/mol. The van der Waals surface area contributed by atoms with Gasteiger partial charge in [0.2, 0.25) is 0 Å². The minimum Gasteiger partial charge on any atom is -0.374 e. The molecule has 6 heteroatoms. The summed E-state index contributed by atoms with van der Waals surface area (Å²) in [7, 11) is 0. The van der Waals surface area contributed by atoms with E-state index in [-0.39, 0.29) is 0 Å². The van der Waals surface area contributed by atoms with E-state index in [9.17, 15) is 0 Å². The first-order chi connectivity index (χ1) is 9.83. The van der Waals surface area contributed by atoms with E-state index >= 15 is 0 Å². The summed E-state index contributed by atoms with van der Waals surface area (Å²) < 4.78 is 5.39. The first kappa shape index (κ1) is 14.3. The van der Waals surface area contributed by atoms with Crippen molar-refractivity contribution in [2.24, 2.45) is 0 Å². The Kier molecular flexibility index (Phi) is 5.37. The van der Waals surface area contributed by atoms with Crippen molar-refractivity contribution in [2.45, 2.75) is 26.9 Å². The first-order valence-corrected chi connectivity index (χ1v) is 6.78. The fourth-order valence-electron chi connectivity index (χ4n) is 1.68. The lowest BCUT2D eigenvalue weighted by atomic mass is 10.2. The zero-order valence-electron chi connectivity index (χ0n) is 11.8. The summed E-state index contributed by atoms with van der Waals surface area (Å²) in [6, 6.07) is 1.91. The molecule has 2 aromatic rings. The molecule has 1 N–H and O–H groups in total. The van der Waals surface area contributed by atoms with Crippen molar-refractivity contribution in [1.29, 1.82) is 0 Å². The third-order valence-corrected chi connectivity index (χ3v) is 2.62. The normalized spacial score (nSPS) is 10.5. The van der Waals surface area contributed by atoms with Gasteiger partial charge in [-0.15, -0.1) is 0 Å². The summed E-state index contributed by atoms with van der Waals surface area (Å²) in [4.78, 5) is 17.0. The zero-order valence-corrected chi connectivity index (χ0v) is 11.8. The van der Waals surface area contributed by atoms with Crippen LogP contribution in [0.2, 0.25) is 0 Å². The molecule has 0 atom stereocenters. The molecule has 2 heterocycles. The second-order valence-corrected chi connectivity index (χ2v) is 4.25. The van der Waals surface area contributed by atoms with Gasteiger partial charge in [0.15, 0.2) is 5.82 Å². The van der Waals surface area contributed by atoms with Crippen LogP contribution in [-0.4, -0.2) is 33.1 Å². The van der Waals surface area contributed by atoms with Crippen LogP contribution in [0.25, 0.3) is 11.3 Å². The maximum Gasteiger partial charge on any atom is 0.157 e. The largest absolute Gasteiger partial charge is 0.374 e. The number of ether oxygens (including phenoxy) is 1. The van der Waals surface area contributed by atoms with Gasteiger partial charge in [0.25, 0.3) is 0 Å². The van der Waals surface area contributed by atoms with E-state index in [2.05, 4.69) is 32.2 Å². The summed E-state index contributed by atoms with van der Waals surface area (Å²) in [5.74, 6) is 1.46. The van der Waals surface area contributed by atoms with Gasteiger partial charge in [-0.3, -0.25) is 0 Å². The summed E-state index contributed by atoms with van der Waals surface area (Å²) >= 11 is 0. The van der Waals surface area contributed by atoms with Crippen molar-refractivity contribution in [3.8, 4) is 11.3 Å². The lowest BCUT2D eigenvalue weighted by molar-refractivity contribution is 0.128. The maximum atomic E-state index is 5.39. The molecule has 0 saturated heterocycles. The smallest absolute Gasteiger partial charge is 0.157 e. The fourth-order valence-corrected chi connectivity index (χ4v) is 1.68. The molecule has 0 aliphatic heterocycles. The van der Waals surface area contributed by atoms with E-state index < -0.39 is 0 Å². The Hall–Kier alpha value is -2.08. The topological polar surface area (TPSA) is 72.8 Å². The first-order valence-electron chi connectivity index (χ1n) is 6.78. The molecule has 6 nitrogen and oxygen atoms in total. The molecule has 0 fully saturated rings. The summed E-state index contributed by atoms with van der Waals surface area (Å²) in [5.41, 5.74) is 1.67. The molecule has 0 aliphatic carbocycles. The van der Waals surface area contributed by atoms with E-state index in [4.69, 9.17) is 4.74 Å². The standard InChI is InChI=1S/C14H19N5O/c1-3-5-17-13-6-12(11-7-15-10-16-8-11)18-14(19-13)9-20-4-2/h6-8,10H,3-5,9H2,1-2H3,(H,17,18,19). The SMILES string of the molecule is CCCNc1cc(-c2cncnc2)nc(COCC)n1. The van der Waals surface area contributed by atoms with Crippen molar-refractivity contribution in [1.82, 2.24) is 19.9 Å². The van der Waals surface area contributed by atoms with Crippen molar-refractivity contribution in [2.75, 3.05) is 18.5 Å². The van der Waals surface area contributed by atoms with E-state index in [0.717, 1.165) is 30.0 Å². The minimum absolute atomic E-state index is 0.402. The second kappa shape index (κ2) is 7.49. The molecule has 0 bridgehead atoms. The lowest BCUT2D eigenvalue weighted by Crippen LogP contribution is -2.07. The van der Waals surface area contributed by atoms with Crippen LogP contribution >= 0.6 is 0 Å². The Labute approximate surface area is 118 Å². The average Bonchev–Trinajstić information content (AvgIpc) is 2.51. The van der Waals surface area contributed by atoms with Crippen LogP contribution in [0.15, 0.2) is 24.8 Å². The number of rotatable bonds is 7. The van der Waals surface area contributed by atoms with Gasteiger partial charge < -0.3 is 10.1 Å². The number of anilines is 1. The van der Waals surface area contributed by atoms with E-state index in [1.54, 1.807) is 12.4 Å². The highest BCUT2D eigenvalue weighted by molar-refractivity contribution is 5.60. The van der Waals surface area contributed by atoms with Crippen LogP contribution < -0.4 is 5.32 Å². The highest BCUT2D eigenvalue weighted by atomic mass is 16.5. The fraction of sp³-hybridized carbons (Fsp3) is 0.429. The van der Waals surface area contributed by atoms with E-state index in [1.807, 2.05) is 13.0 Å². The van der Waals surface area contributed by atoms with Gasteiger partial charge in [0.1, 0.15) is 18.8 Å². The van der Waals surface area contributed by atoms with Gasteiger partial charge in [0, 0.05) is 37.2 Å². The van der Waals surface area contributed by atoms with Crippen molar-refractivity contribution in [3.05, 3.63) is 30.6 Å². The van der Waals surface area contributed by atoms with Gasteiger partial charge in [-0.25, -0.2) is 19.9 Å². The van der Waals surface area contributed by atoms with Gasteiger partial charge in [-0.05, 0) is 13.3 Å². The summed E-state index contributed by atoms with van der Waals surface area (Å²) in [6.07, 6.45) is 6.02. The monoisotopic (exact) mass is 273 g/mol. The molecular weight excluding hydrogens is 254 g/mol. The maximum absolute atomic E-state index is 5.39. The number of hydrogen-bond donors (Lipinski definition) is 1. The van der Waals surface area contributed by atoms with Gasteiger partial charge in [-0.2, -0.15) is 0 Å². The molecule has 0 saturated carbocycles. The van der Waals surface area contributed by atoms with Crippen LogP contribution in [0.1, 0.15) is 26.1 Å². The Morgan fingerprint density at radius 2 is 1.95 bits per heavy atom. The number of nitrogens with zero attached hydrogens (tertiary/aromatic N) is 4. The Morgan fingerprint density at radius 3 is 2.65 bits per heavy atom. The molecule has 2 rings (SSSR count). The lowest BCUT2D eigenvalue weighted by Gasteiger charge is -2.09. The third kappa shape index (κ3) is 3.96. The van der Waals surface area contributed by atoms with Crippen LogP contribution in [0.3, 0.4) is 0 Å². The summed E-state index contributed by atoms with van der Waals surface area (Å²) in [5, 5.41) is 3.27. The van der Waals surface area contributed by atoms with Crippen molar-refractivity contribution in [3.63, 3.8) is 0 Å².